The van der Waals surface area contributed by atoms with Crippen LogP contribution in [-0.4, -0.2) is 53.3 Å². The zero-order valence-corrected chi connectivity index (χ0v) is 16.2. The Balaban J connectivity index is 1.86. The number of hydrogen-bond donors (Lipinski definition) is 2. The number of allylic oxidation sites excluding steroid dienone is 1. The van der Waals surface area contributed by atoms with Crippen LogP contribution in [0.1, 0.15) is 35.7 Å². The molecule has 2 rings (SSSR count). The largest absolute Gasteiger partial charge is 0.478 e. The van der Waals surface area contributed by atoms with Gasteiger partial charge in [-0.1, -0.05) is 24.3 Å². The van der Waals surface area contributed by atoms with Crippen LogP contribution in [0, 0.1) is 0 Å². The average molecular weight is 400 g/mol. The van der Waals surface area contributed by atoms with Gasteiger partial charge in [-0.05, 0) is 31.4 Å². The maximum atomic E-state index is 12.4. The van der Waals surface area contributed by atoms with Gasteiger partial charge in [-0.25, -0.2) is 4.79 Å². The van der Waals surface area contributed by atoms with Crippen LogP contribution in [0.2, 0.25) is 0 Å². The fourth-order valence-corrected chi connectivity index (χ4v) is 2.86. The first-order valence-electron chi connectivity index (χ1n) is 9.30. The van der Waals surface area contributed by atoms with E-state index in [1.807, 2.05) is 0 Å². The number of aromatic carboxylic acids is 1. The van der Waals surface area contributed by atoms with E-state index in [-0.39, 0.29) is 43.4 Å². The van der Waals surface area contributed by atoms with Gasteiger partial charge in [0.05, 0.1) is 18.7 Å². The molecular formula is C21H24N2O6. The molecule has 1 amide bonds. The number of carbonyl (C=O) groups is 4. The number of hydrogen-bond acceptors (Lipinski definition) is 6. The molecule has 0 spiro atoms. The molecule has 154 valence electrons. The minimum atomic E-state index is -1.00. The first kappa shape index (κ1) is 21.9. The van der Waals surface area contributed by atoms with E-state index in [0.29, 0.717) is 24.0 Å². The number of carboxylic acid groups (broad SMARTS) is 1. The molecule has 1 aromatic carbocycles. The van der Waals surface area contributed by atoms with E-state index in [1.54, 1.807) is 48.5 Å². The molecule has 29 heavy (non-hydrogen) atoms. The summed E-state index contributed by atoms with van der Waals surface area (Å²) in [6.45, 7) is 2.14. The Labute approximate surface area is 168 Å². The Morgan fingerprint density at radius 2 is 1.97 bits per heavy atom. The summed E-state index contributed by atoms with van der Waals surface area (Å²) >= 11 is 0. The lowest BCUT2D eigenvalue weighted by molar-refractivity contribution is -0.145. The number of carboxylic acids is 1. The number of nitrogens with one attached hydrogen (secondary N) is 1. The zero-order chi connectivity index (χ0) is 21.2. The number of amides is 1. The molecule has 0 atom stereocenters. The van der Waals surface area contributed by atoms with Gasteiger partial charge in [0.25, 0.3) is 0 Å². The Morgan fingerprint density at radius 1 is 1.21 bits per heavy atom. The molecule has 1 aliphatic rings. The molecule has 2 N–H and O–H groups in total. The molecule has 0 fully saturated rings. The summed E-state index contributed by atoms with van der Waals surface area (Å²) in [5.41, 5.74) is 1.33. The lowest BCUT2D eigenvalue weighted by Gasteiger charge is -2.20. The number of nitrogens with zero attached hydrogens (tertiary/aromatic N) is 1. The zero-order valence-electron chi connectivity index (χ0n) is 16.2. The quantitative estimate of drug-likeness (QED) is 0.454. The van der Waals surface area contributed by atoms with E-state index in [0.717, 1.165) is 0 Å². The second-order valence-corrected chi connectivity index (χ2v) is 6.40. The minimum Gasteiger partial charge on any atom is -0.478 e. The average Bonchev–Trinajstić information content (AvgIpc) is 2.68. The van der Waals surface area contributed by atoms with Crippen LogP contribution < -0.4 is 5.32 Å². The number of ether oxygens (including phenoxy) is 1. The Morgan fingerprint density at radius 3 is 2.69 bits per heavy atom. The first-order chi connectivity index (χ1) is 13.9. The smallest absolute Gasteiger partial charge is 0.335 e. The molecule has 1 aliphatic heterocycles. The van der Waals surface area contributed by atoms with Crippen molar-refractivity contribution in [3.05, 3.63) is 59.4 Å². The molecule has 0 bridgehead atoms. The summed E-state index contributed by atoms with van der Waals surface area (Å²) in [5.74, 6) is -2.17. The number of benzene rings is 1. The predicted molar refractivity (Wildman–Crippen MR) is 105 cm³/mol. The Hall–Kier alpha value is -3.42. The van der Waals surface area contributed by atoms with Gasteiger partial charge in [-0.3, -0.25) is 14.4 Å². The topological polar surface area (TPSA) is 113 Å². The number of Topliss-reactive ketones (excluding diaryl/α,β-unsaturated/α-hetero) is 1. The maximum absolute atomic E-state index is 12.4. The number of ketones is 1. The van der Waals surface area contributed by atoms with Crippen LogP contribution in [0.15, 0.2) is 48.3 Å². The van der Waals surface area contributed by atoms with Gasteiger partial charge in [0.2, 0.25) is 5.91 Å². The monoisotopic (exact) mass is 400 g/mol. The first-order valence-corrected chi connectivity index (χ1v) is 9.30. The molecule has 0 saturated carbocycles. The van der Waals surface area contributed by atoms with Gasteiger partial charge < -0.3 is 20.1 Å². The van der Waals surface area contributed by atoms with Crippen molar-refractivity contribution in [2.45, 2.75) is 26.2 Å². The van der Waals surface area contributed by atoms with Crippen molar-refractivity contribution in [1.82, 2.24) is 10.2 Å². The summed E-state index contributed by atoms with van der Waals surface area (Å²) in [7, 11) is 0. The van der Waals surface area contributed by atoms with Crippen LogP contribution in [0.3, 0.4) is 0 Å². The second-order valence-electron chi connectivity index (χ2n) is 6.40. The Bertz CT molecular complexity index is 843. The molecule has 0 radical (unpaired) electrons. The summed E-state index contributed by atoms with van der Waals surface area (Å²) in [6, 6.07) is 6.65. The van der Waals surface area contributed by atoms with Gasteiger partial charge in [0.1, 0.15) is 6.42 Å². The number of carbonyl (C=O) groups excluding carboxylic acids is 3. The lowest BCUT2D eigenvalue weighted by atomic mass is 10.0. The van der Waals surface area contributed by atoms with E-state index < -0.39 is 11.9 Å². The predicted octanol–water partition coefficient (Wildman–Crippen LogP) is 1.67. The molecule has 1 heterocycles. The molecule has 8 nitrogen and oxygen atoms in total. The number of rotatable bonds is 10. The van der Waals surface area contributed by atoms with Crippen LogP contribution in [-0.2, 0) is 25.5 Å². The van der Waals surface area contributed by atoms with E-state index in [9.17, 15) is 24.3 Å². The standard InChI is InChI=1S/C21H24N2O6/c1-2-29-19(25)12-17(24)14-23-11-5-7-16(13-23)20(26)22-10-9-15-6-3-4-8-18(15)21(27)28/h3-6,8,11,13H,2,7,9-10,12,14H2,1H3,(H,22,26)(H,27,28). The highest BCUT2D eigenvalue weighted by molar-refractivity contribution is 5.97. The minimum absolute atomic E-state index is 0.0297. The third-order valence-electron chi connectivity index (χ3n) is 4.18. The third kappa shape index (κ3) is 6.91. The fraction of sp³-hybridized carbons (Fsp3) is 0.333. The Kier molecular flexibility index (Phi) is 8.14. The van der Waals surface area contributed by atoms with Crippen molar-refractivity contribution >= 4 is 23.6 Å². The highest BCUT2D eigenvalue weighted by Gasteiger charge is 2.17. The van der Waals surface area contributed by atoms with Gasteiger partial charge >= 0.3 is 11.9 Å². The summed E-state index contributed by atoms with van der Waals surface area (Å²) in [6.07, 6.45) is 5.51. The van der Waals surface area contributed by atoms with Crippen LogP contribution in [0.4, 0.5) is 0 Å². The van der Waals surface area contributed by atoms with Gasteiger partial charge in [-0.2, -0.15) is 0 Å². The molecule has 8 heteroatoms. The number of esters is 1. The fourth-order valence-electron chi connectivity index (χ4n) is 2.86. The molecule has 0 unspecified atom stereocenters. The highest BCUT2D eigenvalue weighted by Crippen LogP contribution is 2.13. The normalized spacial score (nSPS) is 12.9. The van der Waals surface area contributed by atoms with Crippen molar-refractivity contribution in [3.63, 3.8) is 0 Å². The molecule has 0 aromatic heterocycles. The van der Waals surface area contributed by atoms with Gasteiger partial charge in [-0.15, -0.1) is 0 Å². The van der Waals surface area contributed by atoms with E-state index in [1.165, 1.54) is 6.07 Å². The third-order valence-corrected chi connectivity index (χ3v) is 4.18. The van der Waals surface area contributed by atoms with E-state index >= 15 is 0 Å². The lowest BCUT2D eigenvalue weighted by Crippen LogP contribution is -2.31. The van der Waals surface area contributed by atoms with Crippen molar-refractivity contribution in [2.75, 3.05) is 19.7 Å². The van der Waals surface area contributed by atoms with Crippen LogP contribution in [0.25, 0.3) is 0 Å². The molecule has 1 aromatic rings. The second kappa shape index (κ2) is 10.8. The molecule has 0 aliphatic carbocycles. The summed E-state index contributed by atoms with van der Waals surface area (Å²) in [5, 5.41) is 12.0. The van der Waals surface area contributed by atoms with E-state index in [2.05, 4.69) is 5.32 Å². The summed E-state index contributed by atoms with van der Waals surface area (Å²) < 4.78 is 4.75. The van der Waals surface area contributed by atoms with E-state index in [4.69, 9.17) is 4.74 Å². The van der Waals surface area contributed by atoms with Gasteiger partial charge in [0.15, 0.2) is 5.78 Å². The van der Waals surface area contributed by atoms with Crippen molar-refractivity contribution in [2.24, 2.45) is 0 Å². The maximum Gasteiger partial charge on any atom is 0.335 e. The van der Waals surface area contributed by atoms with Gasteiger partial charge in [0, 0.05) is 24.5 Å². The molecule has 0 saturated heterocycles. The van der Waals surface area contributed by atoms with Crippen molar-refractivity contribution < 1.29 is 29.0 Å². The van der Waals surface area contributed by atoms with Crippen LogP contribution >= 0.6 is 0 Å². The SMILES string of the molecule is CCOC(=O)CC(=O)CN1C=CCC(C(=O)NCCc2ccccc2C(=O)O)=C1. The van der Waals surface area contributed by atoms with Crippen molar-refractivity contribution in [3.8, 4) is 0 Å². The highest BCUT2D eigenvalue weighted by atomic mass is 16.5. The van der Waals surface area contributed by atoms with Crippen molar-refractivity contribution in [1.29, 1.82) is 0 Å². The van der Waals surface area contributed by atoms with Crippen LogP contribution in [0.5, 0.6) is 0 Å². The molecular weight excluding hydrogens is 376 g/mol. The summed E-state index contributed by atoms with van der Waals surface area (Å²) in [4.78, 5) is 48.5.